The fraction of sp³-hybridized carbons (Fsp3) is 0.353. The third-order valence-electron chi connectivity index (χ3n) is 4.03. The Bertz CT molecular complexity index is 667. The van der Waals surface area contributed by atoms with Crippen LogP contribution in [-0.2, 0) is 4.79 Å². The lowest BCUT2D eigenvalue weighted by atomic mass is 10.2. The SMILES string of the molecule is O=C(NCCC(=O)N1CCN(c2ccncc2)CC1)c1cccs1. The van der Waals surface area contributed by atoms with Crippen molar-refractivity contribution in [2.24, 2.45) is 0 Å². The zero-order valence-corrected chi connectivity index (χ0v) is 14.2. The van der Waals surface area contributed by atoms with Crippen LogP contribution in [0.5, 0.6) is 0 Å². The predicted octanol–water partition coefficient (Wildman–Crippen LogP) is 1.61. The molecule has 0 unspecified atom stereocenters. The van der Waals surface area contributed by atoms with E-state index >= 15 is 0 Å². The van der Waals surface area contributed by atoms with Gasteiger partial charge in [-0.2, -0.15) is 0 Å². The second-order valence-electron chi connectivity index (χ2n) is 5.56. The molecular formula is C17H20N4O2S. The Morgan fingerprint density at radius 3 is 2.54 bits per heavy atom. The lowest BCUT2D eigenvalue weighted by Gasteiger charge is -2.36. The number of nitrogens with zero attached hydrogens (tertiary/aromatic N) is 3. The first-order chi connectivity index (χ1) is 11.7. The van der Waals surface area contributed by atoms with Crippen molar-refractivity contribution in [3.63, 3.8) is 0 Å². The molecule has 0 spiro atoms. The summed E-state index contributed by atoms with van der Waals surface area (Å²) in [6.45, 7) is 3.43. The van der Waals surface area contributed by atoms with E-state index in [2.05, 4.69) is 15.2 Å². The molecule has 3 heterocycles. The first-order valence-corrected chi connectivity index (χ1v) is 8.86. The van der Waals surface area contributed by atoms with Gasteiger partial charge in [0, 0.05) is 57.2 Å². The largest absolute Gasteiger partial charge is 0.368 e. The third-order valence-corrected chi connectivity index (χ3v) is 4.90. The van der Waals surface area contributed by atoms with E-state index in [1.54, 1.807) is 18.5 Å². The Hall–Kier alpha value is -2.41. The van der Waals surface area contributed by atoms with Gasteiger partial charge in [0.2, 0.25) is 5.91 Å². The Morgan fingerprint density at radius 2 is 1.88 bits per heavy atom. The average molecular weight is 344 g/mol. The molecule has 2 aromatic heterocycles. The van der Waals surface area contributed by atoms with E-state index in [4.69, 9.17) is 0 Å². The summed E-state index contributed by atoms with van der Waals surface area (Å²) >= 11 is 1.40. The van der Waals surface area contributed by atoms with Crippen LogP contribution in [0.4, 0.5) is 5.69 Å². The van der Waals surface area contributed by atoms with E-state index in [0.29, 0.717) is 30.9 Å². The molecule has 0 aromatic carbocycles. The maximum Gasteiger partial charge on any atom is 0.261 e. The van der Waals surface area contributed by atoms with Gasteiger partial charge in [0.05, 0.1) is 4.88 Å². The van der Waals surface area contributed by atoms with Gasteiger partial charge in [-0.25, -0.2) is 0 Å². The predicted molar refractivity (Wildman–Crippen MR) is 94.3 cm³/mol. The van der Waals surface area contributed by atoms with Crippen LogP contribution in [0.25, 0.3) is 0 Å². The number of rotatable bonds is 5. The minimum Gasteiger partial charge on any atom is -0.368 e. The fourth-order valence-corrected chi connectivity index (χ4v) is 3.34. The number of nitrogens with one attached hydrogen (secondary N) is 1. The molecule has 0 bridgehead atoms. The van der Waals surface area contributed by atoms with Crippen molar-refractivity contribution in [1.29, 1.82) is 0 Å². The molecule has 0 saturated carbocycles. The van der Waals surface area contributed by atoms with Gasteiger partial charge >= 0.3 is 0 Å². The summed E-state index contributed by atoms with van der Waals surface area (Å²) in [6, 6.07) is 7.59. The average Bonchev–Trinajstić information content (AvgIpc) is 3.17. The van der Waals surface area contributed by atoms with Crippen molar-refractivity contribution >= 4 is 28.8 Å². The van der Waals surface area contributed by atoms with E-state index in [9.17, 15) is 9.59 Å². The summed E-state index contributed by atoms with van der Waals surface area (Å²) in [6.07, 6.45) is 3.90. The molecule has 0 radical (unpaired) electrons. The Morgan fingerprint density at radius 1 is 1.12 bits per heavy atom. The summed E-state index contributed by atoms with van der Waals surface area (Å²) in [4.78, 5) is 32.9. The minimum atomic E-state index is -0.111. The topological polar surface area (TPSA) is 65.5 Å². The van der Waals surface area contributed by atoms with Crippen LogP contribution >= 0.6 is 11.3 Å². The molecule has 1 aliphatic rings. The van der Waals surface area contributed by atoms with Crippen molar-refractivity contribution < 1.29 is 9.59 Å². The number of carbonyl (C=O) groups is 2. The van der Waals surface area contributed by atoms with Gasteiger partial charge in [0.25, 0.3) is 5.91 Å². The summed E-state index contributed by atoms with van der Waals surface area (Å²) in [5.41, 5.74) is 1.14. The molecular weight excluding hydrogens is 324 g/mol. The van der Waals surface area contributed by atoms with Crippen LogP contribution < -0.4 is 10.2 Å². The normalized spacial score (nSPS) is 14.5. The molecule has 7 heteroatoms. The molecule has 1 aliphatic heterocycles. The first kappa shape index (κ1) is 16.4. The second-order valence-corrected chi connectivity index (χ2v) is 6.50. The van der Waals surface area contributed by atoms with Crippen molar-refractivity contribution in [2.75, 3.05) is 37.6 Å². The number of thiophene rings is 1. The van der Waals surface area contributed by atoms with Gasteiger partial charge in [0.15, 0.2) is 0 Å². The maximum atomic E-state index is 12.3. The van der Waals surface area contributed by atoms with Crippen LogP contribution in [0.3, 0.4) is 0 Å². The van der Waals surface area contributed by atoms with Crippen molar-refractivity contribution in [3.05, 3.63) is 46.9 Å². The summed E-state index contributed by atoms with van der Waals surface area (Å²) in [5, 5.41) is 4.66. The number of hydrogen-bond acceptors (Lipinski definition) is 5. The van der Waals surface area contributed by atoms with Gasteiger partial charge < -0.3 is 15.1 Å². The highest BCUT2D eigenvalue weighted by Gasteiger charge is 2.21. The molecule has 3 rings (SSSR count). The van der Waals surface area contributed by atoms with Crippen LogP contribution in [0.1, 0.15) is 16.1 Å². The lowest BCUT2D eigenvalue weighted by Crippen LogP contribution is -2.49. The third kappa shape index (κ3) is 4.11. The van der Waals surface area contributed by atoms with Crippen molar-refractivity contribution in [3.8, 4) is 0 Å². The standard InChI is InChI=1S/C17H20N4O2S/c22-16(5-8-19-17(23)15-2-1-13-24-15)21-11-9-20(10-12-21)14-3-6-18-7-4-14/h1-4,6-7,13H,5,8-12H2,(H,19,23). The molecule has 1 fully saturated rings. The van der Waals surface area contributed by atoms with Crippen LogP contribution in [0.2, 0.25) is 0 Å². The monoisotopic (exact) mass is 344 g/mol. The van der Waals surface area contributed by atoms with E-state index in [0.717, 1.165) is 18.8 Å². The van der Waals surface area contributed by atoms with Gasteiger partial charge in [0.1, 0.15) is 0 Å². The van der Waals surface area contributed by atoms with Gasteiger partial charge in [-0.15, -0.1) is 11.3 Å². The molecule has 2 amide bonds. The molecule has 0 atom stereocenters. The van der Waals surface area contributed by atoms with E-state index in [-0.39, 0.29) is 11.8 Å². The Kier molecular flexibility index (Phi) is 5.43. The van der Waals surface area contributed by atoms with Crippen LogP contribution in [0.15, 0.2) is 42.0 Å². The number of piperazine rings is 1. The molecule has 126 valence electrons. The smallest absolute Gasteiger partial charge is 0.261 e. The Labute approximate surface area is 145 Å². The first-order valence-electron chi connectivity index (χ1n) is 7.98. The highest BCUT2D eigenvalue weighted by atomic mass is 32.1. The number of anilines is 1. The number of hydrogen-bond donors (Lipinski definition) is 1. The second kappa shape index (κ2) is 7.92. The highest BCUT2D eigenvalue weighted by Crippen LogP contribution is 2.15. The van der Waals surface area contributed by atoms with Gasteiger partial charge in [-0.3, -0.25) is 14.6 Å². The number of pyridine rings is 1. The Balaban J connectivity index is 1.40. The van der Waals surface area contributed by atoms with Crippen molar-refractivity contribution in [2.45, 2.75) is 6.42 Å². The maximum absolute atomic E-state index is 12.3. The van der Waals surface area contributed by atoms with Crippen molar-refractivity contribution in [1.82, 2.24) is 15.2 Å². The zero-order chi connectivity index (χ0) is 16.8. The summed E-state index contributed by atoms with van der Waals surface area (Å²) in [7, 11) is 0. The molecule has 1 saturated heterocycles. The summed E-state index contributed by atoms with van der Waals surface area (Å²) < 4.78 is 0. The van der Waals surface area contributed by atoms with E-state index < -0.39 is 0 Å². The zero-order valence-electron chi connectivity index (χ0n) is 13.4. The highest BCUT2D eigenvalue weighted by molar-refractivity contribution is 7.12. The van der Waals surface area contributed by atoms with Crippen LogP contribution in [-0.4, -0.2) is 54.4 Å². The van der Waals surface area contributed by atoms with E-state index in [1.165, 1.54) is 11.3 Å². The molecule has 6 nitrogen and oxygen atoms in total. The minimum absolute atomic E-state index is 0.0934. The van der Waals surface area contributed by atoms with E-state index in [1.807, 2.05) is 28.5 Å². The molecule has 24 heavy (non-hydrogen) atoms. The van der Waals surface area contributed by atoms with Gasteiger partial charge in [-0.1, -0.05) is 6.07 Å². The number of carbonyl (C=O) groups excluding carboxylic acids is 2. The lowest BCUT2D eigenvalue weighted by molar-refractivity contribution is -0.131. The molecule has 0 aliphatic carbocycles. The molecule has 1 N–H and O–H groups in total. The number of amides is 2. The quantitative estimate of drug-likeness (QED) is 0.895. The van der Waals surface area contributed by atoms with Crippen LogP contribution in [0, 0.1) is 0 Å². The van der Waals surface area contributed by atoms with Gasteiger partial charge in [-0.05, 0) is 23.6 Å². The molecule has 2 aromatic rings. The summed E-state index contributed by atoms with van der Waals surface area (Å²) in [5.74, 6) is -0.0174. The number of aromatic nitrogens is 1. The fourth-order valence-electron chi connectivity index (χ4n) is 2.70.